The summed E-state index contributed by atoms with van der Waals surface area (Å²) < 4.78 is 0. The van der Waals surface area contributed by atoms with Gasteiger partial charge in [0.1, 0.15) is 0 Å². The maximum Gasteiger partial charge on any atom is 0.258 e. The molecule has 0 aliphatic heterocycles. The molecule has 0 atom stereocenters. The predicted molar refractivity (Wildman–Crippen MR) is 108 cm³/mol. The van der Waals surface area contributed by atoms with E-state index in [2.05, 4.69) is 5.32 Å². The molecule has 0 saturated carbocycles. The van der Waals surface area contributed by atoms with Gasteiger partial charge >= 0.3 is 0 Å². The van der Waals surface area contributed by atoms with Gasteiger partial charge in [-0.2, -0.15) is 0 Å². The highest BCUT2D eigenvalue weighted by molar-refractivity contribution is 6.10. The van der Waals surface area contributed by atoms with Crippen molar-refractivity contribution >= 4 is 17.5 Å². The molecule has 0 aliphatic carbocycles. The first kappa shape index (κ1) is 18.4. The Bertz CT molecular complexity index is 934. The number of hydrogen-bond acceptors (Lipinski definition) is 2. The molecule has 2 amide bonds. The molecule has 136 valence electrons. The summed E-state index contributed by atoms with van der Waals surface area (Å²) in [5.74, 6) is -0.365. The number of benzene rings is 3. The molecule has 0 spiro atoms. The summed E-state index contributed by atoms with van der Waals surface area (Å²) in [5.41, 5.74) is 3.75. The summed E-state index contributed by atoms with van der Waals surface area (Å²) in [5, 5.41) is 2.92. The van der Waals surface area contributed by atoms with E-state index in [4.69, 9.17) is 0 Å². The molecule has 0 unspecified atom stereocenters. The van der Waals surface area contributed by atoms with Crippen molar-refractivity contribution in [1.29, 1.82) is 0 Å². The summed E-state index contributed by atoms with van der Waals surface area (Å²) in [4.78, 5) is 27.0. The third-order valence-corrected chi connectivity index (χ3v) is 4.41. The van der Waals surface area contributed by atoms with E-state index in [0.717, 1.165) is 11.1 Å². The topological polar surface area (TPSA) is 49.4 Å². The van der Waals surface area contributed by atoms with Gasteiger partial charge in [-0.25, -0.2) is 0 Å². The molecule has 0 radical (unpaired) electrons. The van der Waals surface area contributed by atoms with Crippen LogP contribution in [0.3, 0.4) is 0 Å². The summed E-state index contributed by atoms with van der Waals surface area (Å²) in [6.45, 7) is 2.41. The minimum absolute atomic E-state index is 0.154. The van der Waals surface area contributed by atoms with Gasteiger partial charge in [0.25, 0.3) is 11.8 Å². The Balaban J connectivity index is 1.79. The first-order valence-corrected chi connectivity index (χ1v) is 8.82. The van der Waals surface area contributed by atoms with E-state index in [-0.39, 0.29) is 11.8 Å². The molecule has 3 rings (SSSR count). The minimum Gasteiger partial charge on any atom is -0.348 e. The molecule has 0 fully saturated rings. The highest BCUT2D eigenvalue weighted by atomic mass is 16.2. The second-order valence-corrected chi connectivity index (χ2v) is 6.42. The van der Waals surface area contributed by atoms with Crippen molar-refractivity contribution in [1.82, 2.24) is 5.32 Å². The number of para-hydroxylation sites is 1. The average molecular weight is 358 g/mol. The summed E-state index contributed by atoms with van der Waals surface area (Å²) in [6, 6.07) is 24.3. The predicted octanol–water partition coefficient (Wildman–Crippen LogP) is 4.20. The van der Waals surface area contributed by atoms with E-state index in [1.807, 2.05) is 55.5 Å². The molecule has 0 aromatic heterocycles. The van der Waals surface area contributed by atoms with Gasteiger partial charge in [0.05, 0.1) is 11.3 Å². The van der Waals surface area contributed by atoms with E-state index >= 15 is 0 Å². The quantitative estimate of drug-likeness (QED) is 0.743. The number of anilines is 1. The Morgan fingerprint density at radius 2 is 1.48 bits per heavy atom. The second kappa shape index (κ2) is 8.32. The van der Waals surface area contributed by atoms with Crippen LogP contribution in [0.5, 0.6) is 0 Å². The van der Waals surface area contributed by atoms with Gasteiger partial charge in [0.2, 0.25) is 0 Å². The molecular formula is C23H22N2O2. The van der Waals surface area contributed by atoms with Crippen molar-refractivity contribution in [3.05, 3.63) is 101 Å². The Morgan fingerprint density at radius 3 is 2.19 bits per heavy atom. The van der Waals surface area contributed by atoms with Gasteiger partial charge in [-0.1, -0.05) is 60.2 Å². The molecular weight excluding hydrogens is 336 g/mol. The number of nitrogens with one attached hydrogen (secondary N) is 1. The number of aryl methyl sites for hydroxylation is 1. The molecule has 0 heterocycles. The normalized spacial score (nSPS) is 10.3. The third-order valence-electron chi connectivity index (χ3n) is 4.41. The largest absolute Gasteiger partial charge is 0.348 e. The maximum absolute atomic E-state index is 12.8. The van der Waals surface area contributed by atoms with Crippen molar-refractivity contribution in [2.75, 3.05) is 11.9 Å². The molecule has 0 aliphatic rings. The minimum atomic E-state index is -0.210. The number of rotatable bonds is 5. The average Bonchev–Trinajstić information content (AvgIpc) is 2.72. The fourth-order valence-corrected chi connectivity index (χ4v) is 2.83. The lowest BCUT2D eigenvalue weighted by molar-refractivity contribution is 0.0951. The molecule has 4 nitrogen and oxygen atoms in total. The van der Waals surface area contributed by atoms with Crippen molar-refractivity contribution in [3.63, 3.8) is 0 Å². The maximum atomic E-state index is 12.8. The zero-order chi connectivity index (χ0) is 19.2. The molecule has 0 bridgehead atoms. The van der Waals surface area contributed by atoms with Crippen molar-refractivity contribution in [2.45, 2.75) is 13.5 Å². The van der Waals surface area contributed by atoms with Crippen molar-refractivity contribution in [3.8, 4) is 0 Å². The second-order valence-electron chi connectivity index (χ2n) is 6.42. The lowest BCUT2D eigenvalue weighted by atomic mass is 10.1. The summed E-state index contributed by atoms with van der Waals surface area (Å²) >= 11 is 0. The Morgan fingerprint density at radius 1 is 0.852 bits per heavy atom. The van der Waals surface area contributed by atoms with E-state index in [9.17, 15) is 9.59 Å². The van der Waals surface area contributed by atoms with Gasteiger partial charge < -0.3 is 10.2 Å². The van der Waals surface area contributed by atoms with Crippen LogP contribution in [0.4, 0.5) is 5.69 Å². The van der Waals surface area contributed by atoms with Gasteiger partial charge in [-0.05, 0) is 36.8 Å². The molecule has 0 saturated heterocycles. The van der Waals surface area contributed by atoms with Crippen LogP contribution in [0.25, 0.3) is 0 Å². The monoisotopic (exact) mass is 358 g/mol. The van der Waals surface area contributed by atoms with Crippen LogP contribution < -0.4 is 10.2 Å². The summed E-state index contributed by atoms with van der Waals surface area (Å²) in [7, 11) is 1.69. The van der Waals surface area contributed by atoms with Crippen molar-refractivity contribution < 1.29 is 9.59 Å². The lowest BCUT2D eigenvalue weighted by Crippen LogP contribution is -2.30. The van der Waals surface area contributed by atoms with Gasteiger partial charge in [-0.15, -0.1) is 0 Å². The standard InChI is InChI=1S/C23H22N2O2/c1-17-12-14-19(15-13-17)23(27)25(2)21-11-7-6-10-20(21)22(26)24-16-18-8-4-3-5-9-18/h3-15H,16H2,1-2H3,(H,24,26). The highest BCUT2D eigenvalue weighted by Gasteiger charge is 2.19. The van der Waals surface area contributed by atoms with Crippen LogP contribution in [-0.4, -0.2) is 18.9 Å². The molecule has 4 heteroatoms. The highest BCUT2D eigenvalue weighted by Crippen LogP contribution is 2.21. The van der Waals surface area contributed by atoms with Crippen LogP contribution in [0.1, 0.15) is 31.8 Å². The van der Waals surface area contributed by atoms with E-state index in [0.29, 0.717) is 23.4 Å². The van der Waals surface area contributed by atoms with Crippen LogP contribution >= 0.6 is 0 Å². The van der Waals surface area contributed by atoms with Gasteiger partial charge in [0.15, 0.2) is 0 Å². The van der Waals surface area contributed by atoms with E-state index in [1.165, 1.54) is 4.90 Å². The first-order valence-electron chi connectivity index (χ1n) is 8.82. The van der Waals surface area contributed by atoms with Crippen LogP contribution in [0, 0.1) is 6.92 Å². The van der Waals surface area contributed by atoms with Crippen molar-refractivity contribution in [2.24, 2.45) is 0 Å². The van der Waals surface area contributed by atoms with Gasteiger partial charge in [0, 0.05) is 19.2 Å². The fourth-order valence-electron chi connectivity index (χ4n) is 2.83. The van der Waals surface area contributed by atoms with E-state index in [1.54, 1.807) is 37.4 Å². The Kier molecular flexibility index (Phi) is 5.67. The lowest BCUT2D eigenvalue weighted by Gasteiger charge is -2.20. The smallest absolute Gasteiger partial charge is 0.258 e. The number of hydrogen-bond donors (Lipinski definition) is 1. The van der Waals surface area contributed by atoms with Crippen LogP contribution in [-0.2, 0) is 6.54 Å². The SMILES string of the molecule is Cc1ccc(C(=O)N(C)c2ccccc2C(=O)NCc2ccccc2)cc1. The third kappa shape index (κ3) is 4.42. The number of carbonyl (C=O) groups excluding carboxylic acids is 2. The number of amides is 2. The van der Waals surface area contributed by atoms with Gasteiger partial charge in [-0.3, -0.25) is 9.59 Å². The Hall–Kier alpha value is -3.40. The van der Waals surface area contributed by atoms with Crippen LogP contribution in [0.15, 0.2) is 78.9 Å². The molecule has 27 heavy (non-hydrogen) atoms. The molecule has 3 aromatic rings. The van der Waals surface area contributed by atoms with E-state index < -0.39 is 0 Å². The molecule has 3 aromatic carbocycles. The zero-order valence-corrected chi connectivity index (χ0v) is 15.5. The summed E-state index contributed by atoms with van der Waals surface area (Å²) in [6.07, 6.45) is 0. The molecule has 1 N–H and O–H groups in total. The Labute approximate surface area is 159 Å². The van der Waals surface area contributed by atoms with Crippen LogP contribution in [0.2, 0.25) is 0 Å². The number of carbonyl (C=O) groups is 2. The number of nitrogens with zero attached hydrogens (tertiary/aromatic N) is 1. The fraction of sp³-hybridized carbons (Fsp3) is 0.130. The zero-order valence-electron chi connectivity index (χ0n) is 15.5. The first-order chi connectivity index (χ1) is 13.1.